The summed E-state index contributed by atoms with van der Waals surface area (Å²) in [6.45, 7) is 3.95. The van der Waals surface area contributed by atoms with Crippen LogP contribution in [-0.2, 0) is 9.53 Å². The van der Waals surface area contributed by atoms with Crippen molar-refractivity contribution in [3.05, 3.63) is 66.1 Å². The van der Waals surface area contributed by atoms with Crippen molar-refractivity contribution in [2.75, 3.05) is 12.3 Å². The number of esters is 1. The number of fused-ring (bicyclic) bond motifs is 1. The Morgan fingerprint density at radius 3 is 2.51 bits per heavy atom. The quantitative estimate of drug-likeness (QED) is 0.331. The molecule has 3 heterocycles. The van der Waals surface area contributed by atoms with E-state index in [1.807, 2.05) is 55.6 Å². The number of ether oxygens (including phenoxy) is 1. The zero-order chi connectivity index (χ0) is 25.9. The molecule has 0 aliphatic heterocycles. The van der Waals surface area contributed by atoms with E-state index >= 15 is 0 Å². The van der Waals surface area contributed by atoms with Gasteiger partial charge in [0.2, 0.25) is 0 Å². The van der Waals surface area contributed by atoms with Crippen molar-refractivity contribution in [1.82, 2.24) is 19.6 Å². The van der Waals surface area contributed by atoms with Crippen LogP contribution in [0.3, 0.4) is 0 Å². The van der Waals surface area contributed by atoms with Crippen molar-refractivity contribution in [2.45, 2.75) is 58.0 Å². The van der Waals surface area contributed by atoms with Gasteiger partial charge in [0, 0.05) is 40.8 Å². The van der Waals surface area contributed by atoms with E-state index in [1.165, 1.54) is 0 Å². The van der Waals surface area contributed by atoms with Crippen LogP contribution in [0.4, 0.5) is 5.82 Å². The number of pyridine rings is 1. The van der Waals surface area contributed by atoms with E-state index in [-0.39, 0.29) is 11.9 Å². The second kappa shape index (κ2) is 10.7. The second-order valence-electron chi connectivity index (χ2n) is 9.79. The van der Waals surface area contributed by atoms with Gasteiger partial charge in [-0.15, -0.1) is 0 Å². The monoisotopic (exact) mass is 499 g/mol. The largest absolute Gasteiger partial charge is 0.466 e. The first-order valence-corrected chi connectivity index (χ1v) is 13.0. The lowest BCUT2D eigenvalue weighted by Crippen LogP contribution is -2.21. The van der Waals surface area contributed by atoms with Crippen molar-refractivity contribution in [3.63, 3.8) is 0 Å². The number of nitrogens with zero attached hydrogens (tertiary/aromatic N) is 4. The van der Waals surface area contributed by atoms with Crippen molar-refractivity contribution in [3.8, 4) is 22.4 Å². The van der Waals surface area contributed by atoms with Crippen LogP contribution in [0.25, 0.3) is 28.0 Å². The van der Waals surface area contributed by atoms with Crippen LogP contribution in [0.1, 0.15) is 69.2 Å². The topological polar surface area (TPSA) is 116 Å². The number of nitrogen functional groups attached to an aromatic ring is 1. The fourth-order valence-electron chi connectivity index (χ4n) is 5.42. The van der Waals surface area contributed by atoms with Crippen LogP contribution in [-0.4, -0.2) is 37.3 Å². The summed E-state index contributed by atoms with van der Waals surface area (Å²) in [6, 6.07) is 14.1. The van der Waals surface area contributed by atoms with Crippen molar-refractivity contribution in [2.24, 2.45) is 5.92 Å². The number of aliphatic hydroxyl groups excluding tert-OH is 1. The molecule has 192 valence electrons. The standard InChI is InChI=1S/C29H33N5O3/c1-3-37-25(36)15-19-9-11-21(12-10-19)27-26(18(2)35)28(30)34-29(33-27)23(17-32-34)22-13-14-24(31-16-22)20-7-5-4-6-8-20/h4-8,13-14,16-19,21,35H,3,9-12,15,30H2,1-2H3. The number of hydrogen-bond donors (Lipinski definition) is 2. The number of rotatable bonds is 7. The Balaban J connectivity index is 1.46. The molecule has 37 heavy (non-hydrogen) atoms. The van der Waals surface area contributed by atoms with Gasteiger partial charge in [0.25, 0.3) is 0 Å². The van der Waals surface area contributed by atoms with Gasteiger partial charge in [-0.1, -0.05) is 36.4 Å². The highest BCUT2D eigenvalue weighted by Gasteiger charge is 2.30. The molecule has 3 aromatic heterocycles. The van der Waals surface area contributed by atoms with Crippen molar-refractivity contribution >= 4 is 17.4 Å². The minimum Gasteiger partial charge on any atom is -0.466 e. The molecule has 5 rings (SSSR count). The molecule has 0 spiro atoms. The predicted octanol–water partition coefficient (Wildman–Crippen LogP) is 5.32. The average molecular weight is 500 g/mol. The Labute approximate surface area is 216 Å². The zero-order valence-electron chi connectivity index (χ0n) is 21.3. The molecular weight excluding hydrogens is 466 g/mol. The molecule has 1 unspecified atom stereocenters. The number of aromatic nitrogens is 4. The van der Waals surface area contributed by atoms with E-state index in [1.54, 1.807) is 17.6 Å². The number of aliphatic hydroxyl groups is 1. The van der Waals surface area contributed by atoms with Crippen LogP contribution < -0.4 is 5.73 Å². The van der Waals surface area contributed by atoms with Gasteiger partial charge in [-0.3, -0.25) is 9.78 Å². The molecule has 0 amide bonds. The van der Waals surface area contributed by atoms with E-state index in [0.29, 0.717) is 36.0 Å². The number of anilines is 1. The highest BCUT2D eigenvalue weighted by atomic mass is 16.5. The number of benzene rings is 1. The molecular formula is C29H33N5O3. The van der Waals surface area contributed by atoms with Gasteiger partial charge in [0.1, 0.15) is 5.82 Å². The maximum Gasteiger partial charge on any atom is 0.306 e. The van der Waals surface area contributed by atoms with E-state index in [2.05, 4.69) is 10.1 Å². The van der Waals surface area contributed by atoms with Gasteiger partial charge in [0.05, 0.1) is 30.3 Å². The average Bonchev–Trinajstić information content (AvgIpc) is 3.34. The Morgan fingerprint density at radius 2 is 1.86 bits per heavy atom. The van der Waals surface area contributed by atoms with Crippen LogP contribution in [0, 0.1) is 5.92 Å². The van der Waals surface area contributed by atoms with Gasteiger partial charge in [0.15, 0.2) is 5.65 Å². The smallest absolute Gasteiger partial charge is 0.306 e. The SMILES string of the molecule is CCOC(=O)CC1CCC(c2nc3c(-c4ccc(-c5ccccc5)nc4)cnn3c(N)c2C(C)O)CC1. The Hall–Kier alpha value is -3.78. The molecule has 1 aromatic carbocycles. The third-order valence-electron chi connectivity index (χ3n) is 7.31. The van der Waals surface area contributed by atoms with Crippen LogP contribution >= 0.6 is 0 Å². The third-order valence-corrected chi connectivity index (χ3v) is 7.31. The fraction of sp³-hybridized carbons (Fsp3) is 0.379. The van der Waals surface area contributed by atoms with Crippen molar-refractivity contribution < 1.29 is 14.6 Å². The minimum absolute atomic E-state index is 0.129. The summed E-state index contributed by atoms with van der Waals surface area (Å²) in [6.07, 6.45) is 6.84. The molecule has 1 aliphatic rings. The minimum atomic E-state index is -0.774. The molecule has 1 saturated carbocycles. The molecule has 1 fully saturated rings. The lowest BCUT2D eigenvalue weighted by molar-refractivity contribution is -0.144. The van der Waals surface area contributed by atoms with E-state index in [0.717, 1.165) is 53.8 Å². The summed E-state index contributed by atoms with van der Waals surface area (Å²) in [4.78, 5) is 21.7. The van der Waals surface area contributed by atoms with Crippen molar-refractivity contribution in [1.29, 1.82) is 0 Å². The molecule has 8 heteroatoms. The zero-order valence-corrected chi connectivity index (χ0v) is 21.3. The summed E-state index contributed by atoms with van der Waals surface area (Å²) in [7, 11) is 0. The summed E-state index contributed by atoms with van der Waals surface area (Å²) in [5.41, 5.74) is 12.4. The Bertz CT molecular complexity index is 1370. The molecule has 8 nitrogen and oxygen atoms in total. The number of hydrogen-bond acceptors (Lipinski definition) is 7. The lowest BCUT2D eigenvalue weighted by Gasteiger charge is -2.29. The van der Waals surface area contributed by atoms with Crippen LogP contribution in [0.5, 0.6) is 0 Å². The van der Waals surface area contributed by atoms with Gasteiger partial charge in [-0.2, -0.15) is 9.61 Å². The number of carbonyl (C=O) groups excluding carboxylic acids is 1. The van der Waals surface area contributed by atoms with Gasteiger partial charge >= 0.3 is 5.97 Å². The number of nitrogens with two attached hydrogens (primary N) is 1. The Kier molecular flexibility index (Phi) is 7.19. The lowest BCUT2D eigenvalue weighted by atomic mass is 9.78. The summed E-state index contributed by atoms with van der Waals surface area (Å²) >= 11 is 0. The molecule has 0 radical (unpaired) electrons. The van der Waals surface area contributed by atoms with E-state index < -0.39 is 6.10 Å². The molecule has 1 atom stereocenters. The normalized spacial score (nSPS) is 18.6. The molecule has 1 aliphatic carbocycles. The fourth-order valence-corrected chi connectivity index (χ4v) is 5.42. The predicted molar refractivity (Wildman–Crippen MR) is 143 cm³/mol. The maximum atomic E-state index is 11.9. The number of carbonyl (C=O) groups is 1. The Morgan fingerprint density at radius 1 is 1.11 bits per heavy atom. The summed E-state index contributed by atoms with van der Waals surface area (Å²) in [5, 5.41) is 15.1. The second-order valence-corrected chi connectivity index (χ2v) is 9.79. The highest BCUT2D eigenvalue weighted by molar-refractivity contribution is 5.79. The van der Waals surface area contributed by atoms with Crippen LogP contribution in [0.2, 0.25) is 0 Å². The molecule has 0 bridgehead atoms. The highest BCUT2D eigenvalue weighted by Crippen LogP contribution is 2.41. The van der Waals surface area contributed by atoms with Crippen LogP contribution in [0.15, 0.2) is 54.9 Å². The first-order valence-electron chi connectivity index (χ1n) is 13.0. The first-order chi connectivity index (χ1) is 18.0. The molecule has 0 saturated heterocycles. The molecule has 3 N–H and O–H groups in total. The summed E-state index contributed by atoms with van der Waals surface area (Å²) < 4.78 is 6.74. The van der Waals surface area contributed by atoms with E-state index in [9.17, 15) is 9.90 Å². The van der Waals surface area contributed by atoms with Gasteiger partial charge < -0.3 is 15.6 Å². The van der Waals surface area contributed by atoms with Gasteiger partial charge in [-0.25, -0.2) is 4.98 Å². The third kappa shape index (κ3) is 5.06. The van der Waals surface area contributed by atoms with E-state index in [4.69, 9.17) is 15.5 Å². The van der Waals surface area contributed by atoms with Gasteiger partial charge in [-0.05, 0) is 51.5 Å². The summed E-state index contributed by atoms with van der Waals surface area (Å²) in [5.74, 6) is 0.738. The maximum absolute atomic E-state index is 11.9. The molecule has 4 aromatic rings. The first kappa shape index (κ1) is 24.9.